The van der Waals surface area contributed by atoms with E-state index in [1.54, 1.807) is 59.2 Å². The van der Waals surface area contributed by atoms with Crippen molar-refractivity contribution in [3.05, 3.63) is 64.6 Å². The van der Waals surface area contributed by atoms with Gasteiger partial charge in [0.15, 0.2) is 0 Å². The number of hydrogen-bond donors (Lipinski definition) is 0. The zero-order chi connectivity index (χ0) is 21.3. The average Bonchev–Trinajstić information content (AvgIpc) is 3.49. The van der Waals surface area contributed by atoms with Crippen molar-refractivity contribution in [2.45, 2.75) is 12.8 Å². The van der Waals surface area contributed by atoms with Crippen LogP contribution in [-0.2, 0) is 18.3 Å². The molecule has 4 rings (SSSR count). The van der Waals surface area contributed by atoms with E-state index in [1.165, 1.54) is 11.1 Å². The zero-order valence-corrected chi connectivity index (χ0v) is 18.4. The number of rotatable bonds is 5. The van der Waals surface area contributed by atoms with Gasteiger partial charge in [0.25, 0.3) is 5.91 Å². The van der Waals surface area contributed by atoms with Crippen LogP contribution in [0.3, 0.4) is 0 Å². The summed E-state index contributed by atoms with van der Waals surface area (Å²) < 4.78 is 1.58. The number of nitrogens with zero attached hydrogens (tertiary/aromatic N) is 4. The molecule has 0 unspecified atom stereocenters. The van der Waals surface area contributed by atoms with E-state index in [2.05, 4.69) is 46.2 Å². The molecule has 1 saturated heterocycles. The number of amides is 2. The summed E-state index contributed by atoms with van der Waals surface area (Å²) in [4.78, 5) is 29.6. The largest absolute Gasteiger partial charge is 0.348 e. The molecule has 6 nitrogen and oxygen atoms in total. The molecule has 0 radical (unpaired) electrons. The summed E-state index contributed by atoms with van der Waals surface area (Å²) in [6.07, 6.45) is 2.89. The lowest BCUT2D eigenvalue weighted by Gasteiger charge is -2.31. The molecule has 156 valence electrons. The third-order valence-electron chi connectivity index (χ3n) is 5.89. The number of carbonyl (C=O) groups is 2. The van der Waals surface area contributed by atoms with Crippen LogP contribution in [0, 0.1) is 5.41 Å². The Kier molecular flexibility index (Phi) is 5.47. The Bertz CT molecular complexity index is 1040. The van der Waals surface area contributed by atoms with Crippen molar-refractivity contribution in [1.82, 2.24) is 19.6 Å². The highest BCUT2D eigenvalue weighted by molar-refractivity contribution is 7.08. The number of benzene rings is 1. The Labute approximate surface area is 180 Å². The van der Waals surface area contributed by atoms with Crippen molar-refractivity contribution in [1.29, 1.82) is 0 Å². The molecule has 0 bridgehead atoms. The van der Waals surface area contributed by atoms with Crippen LogP contribution in [-0.4, -0.2) is 58.6 Å². The maximum absolute atomic E-state index is 13.2. The molecule has 2 aromatic heterocycles. The molecule has 7 heteroatoms. The van der Waals surface area contributed by atoms with Crippen molar-refractivity contribution in [3.8, 4) is 11.1 Å². The van der Waals surface area contributed by atoms with Crippen LogP contribution in [0.5, 0.6) is 0 Å². The third kappa shape index (κ3) is 3.77. The lowest BCUT2D eigenvalue weighted by Crippen LogP contribution is -2.44. The van der Waals surface area contributed by atoms with E-state index in [9.17, 15) is 9.59 Å². The molecule has 30 heavy (non-hydrogen) atoms. The maximum Gasteiger partial charge on any atom is 0.272 e. The molecule has 0 N–H and O–H groups in total. The second-order valence-corrected chi connectivity index (χ2v) is 8.96. The fraction of sp³-hybridized carbons (Fsp3) is 0.348. The molecular formula is C23H26N4O2S. The number of aryl methyl sites for hydroxylation is 1. The molecule has 1 aliphatic heterocycles. The Morgan fingerprint density at radius 3 is 2.50 bits per heavy atom. The van der Waals surface area contributed by atoms with Gasteiger partial charge in [-0.2, -0.15) is 16.4 Å². The van der Waals surface area contributed by atoms with E-state index in [4.69, 9.17) is 0 Å². The predicted octanol–water partition coefficient (Wildman–Crippen LogP) is 3.31. The van der Waals surface area contributed by atoms with Crippen LogP contribution in [0.1, 0.15) is 22.5 Å². The van der Waals surface area contributed by atoms with E-state index in [0.717, 1.165) is 5.56 Å². The minimum absolute atomic E-state index is 0.0729. The molecule has 1 fully saturated rings. The maximum atomic E-state index is 13.2. The third-order valence-corrected chi connectivity index (χ3v) is 6.58. The standard InChI is InChI=1S/C23H26N4O2S/c1-25(2)22(29)23(10-12-27(16-23)21(28)20-8-11-24-26(20)3)14-17-4-6-18(7-5-17)19-9-13-30-15-19/h4-9,11,13,15H,10,12,14,16H2,1-3H3/t23-/m0/s1. The van der Waals surface area contributed by atoms with E-state index in [0.29, 0.717) is 31.6 Å². The van der Waals surface area contributed by atoms with Gasteiger partial charge < -0.3 is 9.80 Å². The quantitative estimate of drug-likeness (QED) is 0.634. The molecule has 3 aromatic rings. The van der Waals surface area contributed by atoms with E-state index < -0.39 is 5.41 Å². The topological polar surface area (TPSA) is 58.4 Å². The van der Waals surface area contributed by atoms with Gasteiger partial charge >= 0.3 is 0 Å². The molecule has 1 aliphatic rings. The Balaban J connectivity index is 1.57. The number of hydrogen-bond acceptors (Lipinski definition) is 4. The lowest BCUT2D eigenvalue weighted by molar-refractivity contribution is -0.138. The van der Waals surface area contributed by atoms with E-state index >= 15 is 0 Å². The average molecular weight is 423 g/mol. The van der Waals surface area contributed by atoms with Gasteiger partial charge in [-0.3, -0.25) is 14.3 Å². The van der Waals surface area contributed by atoms with Gasteiger partial charge in [-0.1, -0.05) is 24.3 Å². The molecule has 0 spiro atoms. The summed E-state index contributed by atoms with van der Waals surface area (Å²) in [5.74, 6) is 0.000883. The fourth-order valence-corrected chi connectivity index (χ4v) is 4.96. The smallest absolute Gasteiger partial charge is 0.272 e. The van der Waals surface area contributed by atoms with Gasteiger partial charge in [-0.25, -0.2) is 0 Å². The molecule has 1 atom stereocenters. The van der Waals surface area contributed by atoms with E-state index in [-0.39, 0.29) is 11.8 Å². The predicted molar refractivity (Wildman–Crippen MR) is 118 cm³/mol. The van der Waals surface area contributed by atoms with Crippen LogP contribution >= 0.6 is 11.3 Å². The highest BCUT2D eigenvalue weighted by atomic mass is 32.1. The second-order valence-electron chi connectivity index (χ2n) is 8.18. The van der Waals surface area contributed by atoms with Gasteiger partial charge in [-0.05, 0) is 52.4 Å². The monoisotopic (exact) mass is 422 g/mol. The Morgan fingerprint density at radius 1 is 1.13 bits per heavy atom. The first-order chi connectivity index (χ1) is 14.4. The summed E-state index contributed by atoms with van der Waals surface area (Å²) >= 11 is 1.68. The van der Waals surface area contributed by atoms with Gasteiger partial charge in [0.1, 0.15) is 5.69 Å². The highest BCUT2D eigenvalue weighted by Crippen LogP contribution is 2.37. The van der Waals surface area contributed by atoms with Gasteiger partial charge in [0, 0.05) is 40.4 Å². The van der Waals surface area contributed by atoms with Crippen LogP contribution < -0.4 is 0 Å². The molecule has 0 aliphatic carbocycles. The molecule has 2 amide bonds. The van der Waals surface area contributed by atoms with Gasteiger partial charge in [0.05, 0.1) is 5.41 Å². The van der Waals surface area contributed by atoms with Crippen molar-refractivity contribution in [2.75, 3.05) is 27.2 Å². The van der Waals surface area contributed by atoms with Gasteiger partial charge in [0.2, 0.25) is 5.91 Å². The summed E-state index contributed by atoms with van der Waals surface area (Å²) in [6, 6.07) is 12.2. The number of carbonyl (C=O) groups excluding carboxylic acids is 2. The minimum Gasteiger partial charge on any atom is -0.348 e. The first-order valence-electron chi connectivity index (χ1n) is 10.0. The van der Waals surface area contributed by atoms with Gasteiger partial charge in [-0.15, -0.1) is 0 Å². The van der Waals surface area contributed by atoms with Crippen molar-refractivity contribution in [3.63, 3.8) is 0 Å². The number of aromatic nitrogens is 2. The normalized spacial score (nSPS) is 18.6. The summed E-state index contributed by atoms with van der Waals surface area (Å²) in [5, 5.41) is 8.30. The lowest BCUT2D eigenvalue weighted by atomic mass is 9.79. The van der Waals surface area contributed by atoms with Crippen LogP contribution in [0.25, 0.3) is 11.1 Å². The van der Waals surface area contributed by atoms with Crippen molar-refractivity contribution < 1.29 is 9.59 Å². The van der Waals surface area contributed by atoms with E-state index in [1.807, 2.05) is 0 Å². The number of thiophene rings is 1. The number of likely N-dealkylation sites (tertiary alicyclic amines) is 1. The summed E-state index contributed by atoms with van der Waals surface area (Å²) in [5.41, 5.74) is 3.43. The van der Waals surface area contributed by atoms with Crippen LogP contribution in [0.4, 0.5) is 0 Å². The highest BCUT2D eigenvalue weighted by Gasteiger charge is 2.47. The Hall–Kier alpha value is -2.93. The summed E-state index contributed by atoms with van der Waals surface area (Å²) in [7, 11) is 5.33. The van der Waals surface area contributed by atoms with Crippen molar-refractivity contribution in [2.24, 2.45) is 12.5 Å². The second kappa shape index (κ2) is 8.07. The summed E-state index contributed by atoms with van der Waals surface area (Å²) in [6.45, 7) is 0.983. The van der Waals surface area contributed by atoms with Crippen LogP contribution in [0.2, 0.25) is 0 Å². The van der Waals surface area contributed by atoms with Crippen molar-refractivity contribution >= 4 is 23.2 Å². The minimum atomic E-state index is -0.609. The Morgan fingerprint density at radius 2 is 1.90 bits per heavy atom. The molecular weight excluding hydrogens is 396 g/mol. The molecule has 1 aromatic carbocycles. The molecule has 3 heterocycles. The molecule has 0 saturated carbocycles. The SMILES string of the molecule is CN(C)C(=O)[C@]1(Cc2ccc(-c3ccsc3)cc2)CCN(C(=O)c2ccnn2C)C1. The fourth-order valence-electron chi connectivity index (χ4n) is 4.29. The first-order valence-corrected chi connectivity index (χ1v) is 10.9. The van der Waals surface area contributed by atoms with Crippen LogP contribution in [0.15, 0.2) is 53.4 Å². The zero-order valence-electron chi connectivity index (χ0n) is 17.5. The first kappa shape index (κ1) is 20.3.